The number of piperazine rings is 1. The van der Waals surface area contributed by atoms with Crippen LogP contribution in [0.1, 0.15) is 29.8 Å². The molecule has 0 spiro atoms. The van der Waals surface area contributed by atoms with E-state index >= 15 is 0 Å². The van der Waals surface area contributed by atoms with E-state index in [1.165, 1.54) is 0 Å². The number of rotatable bonds is 4. The molecule has 3 aromatic rings. The minimum atomic E-state index is -0.175. The van der Waals surface area contributed by atoms with E-state index in [1.807, 2.05) is 31.9 Å². The first-order valence-electron chi connectivity index (χ1n) is 10.5. The molecule has 9 heteroatoms. The minimum absolute atomic E-state index is 0.00964. The molecule has 4 rings (SSSR count). The van der Waals surface area contributed by atoms with Gasteiger partial charge < -0.3 is 25.4 Å². The molecule has 2 aromatic heterocycles. The maximum Gasteiger partial charge on any atom is 0.322 e. The summed E-state index contributed by atoms with van der Waals surface area (Å²) in [4.78, 5) is 41.0. The predicted molar refractivity (Wildman–Crippen MR) is 120 cm³/mol. The number of H-pyrrole nitrogens is 1. The van der Waals surface area contributed by atoms with Crippen LogP contribution in [-0.2, 0) is 0 Å². The van der Waals surface area contributed by atoms with E-state index in [0.29, 0.717) is 37.4 Å². The van der Waals surface area contributed by atoms with E-state index in [1.54, 1.807) is 30.6 Å². The van der Waals surface area contributed by atoms with Crippen LogP contribution < -0.4 is 15.5 Å². The first kappa shape index (κ1) is 20.6. The number of benzene rings is 1. The fraction of sp³-hybridized carbons (Fsp3) is 0.364. The van der Waals surface area contributed by atoms with E-state index in [2.05, 4.69) is 30.5 Å². The quantitative estimate of drug-likeness (QED) is 0.601. The lowest BCUT2D eigenvalue weighted by Gasteiger charge is -2.40. The Hall–Kier alpha value is -3.62. The number of anilines is 2. The van der Waals surface area contributed by atoms with Gasteiger partial charge in [-0.2, -0.15) is 0 Å². The largest absolute Gasteiger partial charge is 0.352 e. The molecule has 3 amide bonds. The van der Waals surface area contributed by atoms with E-state index < -0.39 is 0 Å². The van der Waals surface area contributed by atoms with E-state index in [-0.39, 0.29) is 18.0 Å². The topological polar surface area (TPSA) is 106 Å². The number of carbonyl (C=O) groups is 2. The molecular formula is C22H27N7O2. The van der Waals surface area contributed by atoms with Gasteiger partial charge in [0.25, 0.3) is 5.91 Å². The van der Waals surface area contributed by atoms with Crippen molar-refractivity contribution in [1.82, 2.24) is 25.2 Å². The SMILES string of the molecule is CCNC(=O)c1cccc(NC(=O)N2CCN(c3ncnc4[nH]cc(C)c34)C[C@@H]2C)c1. The van der Waals surface area contributed by atoms with Gasteiger partial charge in [-0.15, -0.1) is 0 Å². The highest BCUT2D eigenvalue weighted by Crippen LogP contribution is 2.27. The number of aryl methyl sites for hydroxylation is 1. The Morgan fingerprint density at radius 3 is 2.87 bits per heavy atom. The van der Waals surface area contributed by atoms with Crippen LogP contribution in [0.2, 0.25) is 0 Å². The molecule has 1 aliphatic heterocycles. The Morgan fingerprint density at radius 1 is 1.26 bits per heavy atom. The van der Waals surface area contributed by atoms with Crippen LogP contribution in [0.4, 0.5) is 16.3 Å². The van der Waals surface area contributed by atoms with E-state index in [9.17, 15) is 9.59 Å². The van der Waals surface area contributed by atoms with Gasteiger partial charge in [-0.1, -0.05) is 6.07 Å². The zero-order valence-electron chi connectivity index (χ0n) is 18.0. The third-order valence-corrected chi connectivity index (χ3v) is 5.55. The smallest absolute Gasteiger partial charge is 0.322 e. The van der Waals surface area contributed by atoms with Gasteiger partial charge in [0.2, 0.25) is 0 Å². The molecule has 0 bridgehead atoms. The first-order chi connectivity index (χ1) is 15.0. The number of nitrogens with one attached hydrogen (secondary N) is 3. The molecule has 1 atom stereocenters. The van der Waals surface area contributed by atoms with Crippen molar-refractivity contribution in [2.45, 2.75) is 26.8 Å². The molecule has 9 nitrogen and oxygen atoms in total. The average molecular weight is 422 g/mol. The number of hydrogen-bond donors (Lipinski definition) is 3. The number of aromatic amines is 1. The number of amides is 3. The molecule has 162 valence electrons. The second kappa shape index (κ2) is 8.63. The fourth-order valence-corrected chi connectivity index (χ4v) is 3.99. The number of fused-ring (bicyclic) bond motifs is 1. The normalized spacial score (nSPS) is 16.4. The Kier molecular flexibility index (Phi) is 5.75. The van der Waals surface area contributed by atoms with Gasteiger partial charge in [0.05, 0.1) is 5.39 Å². The van der Waals surface area contributed by atoms with Crippen LogP contribution in [0.15, 0.2) is 36.8 Å². The Bertz CT molecular complexity index is 1110. The lowest BCUT2D eigenvalue weighted by molar-refractivity contribution is 0.0955. The van der Waals surface area contributed by atoms with Gasteiger partial charge in [0.1, 0.15) is 17.8 Å². The lowest BCUT2D eigenvalue weighted by atomic mass is 10.1. The van der Waals surface area contributed by atoms with Crippen molar-refractivity contribution in [3.63, 3.8) is 0 Å². The summed E-state index contributed by atoms with van der Waals surface area (Å²) in [5, 5.41) is 6.72. The van der Waals surface area contributed by atoms with Gasteiger partial charge in [-0.25, -0.2) is 14.8 Å². The first-order valence-corrected chi connectivity index (χ1v) is 10.5. The van der Waals surface area contributed by atoms with Crippen LogP contribution in [-0.4, -0.2) is 64.0 Å². The predicted octanol–water partition coefficient (Wildman–Crippen LogP) is 2.76. The number of carbonyl (C=O) groups excluding carboxylic acids is 2. The number of hydrogen-bond acceptors (Lipinski definition) is 5. The average Bonchev–Trinajstić information content (AvgIpc) is 3.15. The summed E-state index contributed by atoms with van der Waals surface area (Å²) in [5.74, 6) is 0.738. The Balaban J connectivity index is 1.44. The molecule has 3 heterocycles. The third kappa shape index (κ3) is 4.16. The lowest BCUT2D eigenvalue weighted by Crippen LogP contribution is -2.55. The summed E-state index contributed by atoms with van der Waals surface area (Å²) in [6, 6.07) is 6.79. The molecule has 1 aromatic carbocycles. The van der Waals surface area contributed by atoms with Crippen molar-refractivity contribution in [3.05, 3.63) is 47.9 Å². The second-order valence-electron chi connectivity index (χ2n) is 7.75. The highest BCUT2D eigenvalue weighted by Gasteiger charge is 2.29. The molecule has 1 aliphatic rings. The fourth-order valence-electron chi connectivity index (χ4n) is 3.99. The Morgan fingerprint density at radius 2 is 2.10 bits per heavy atom. The Labute approximate surface area is 180 Å². The van der Waals surface area contributed by atoms with Gasteiger partial charge >= 0.3 is 6.03 Å². The monoisotopic (exact) mass is 421 g/mol. The zero-order chi connectivity index (χ0) is 22.0. The minimum Gasteiger partial charge on any atom is -0.352 e. The summed E-state index contributed by atoms with van der Waals surface area (Å²) in [6.07, 6.45) is 3.50. The maximum atomic E-state index is 12.9. The van der Waals surface area contributed by atoms with Crippen molar-refractivity contribution < 1.29 is 9.59 Å². The molecule has 0 saturated carbocycles. The van der Waals surface area contributed by atoms with Gasteiger partial charge in [-0.05, 0) is 44.5 Å². The van der Waals surface area contributed by atoms with Gasteiger partial charge in [0, 0.05) is 49.7 Å². The number of aromatic nitrogens is 3. The molecule has 1 saturated heterocycles. The van der Waals surface area contributed by atoms with Crippen molar-refractivity contribution >= 4 is 34.5 Å². The molecule has 0 unspecified atom stereocenters. The van der Waals surface area contributed by atoms with E-state index in [4.69, 9.17) is 0 Å². The molecule has 3 N–H and O–H groups in total. The van der Waals surface area contributed by atoms with Crippen molar-refractivity contribution in [2.24, 2.45) is 0 Å². The summed E-state index contributed by atoms with van der Waals surface area (Å²) < 4.78 is 0. The molecule has 0 radical (unpaired) electrons. The van der Waals surface area contributed by atoms with E-state index in [0.717, 1.165) is 22.4 Å². The molecule has 31 heavy (non-hydrogen) atoms. The maximum absolute atomic E-state index is 12.9. The number of nitrogens with zero attached hydrogens (tertiary/aromatic N) is 4. The van der Waals surface area contributed by atoms with Crippen LogP contribution in [0.3, 0.4) is 0 Å². The highest BCUT2D eigenvalue weighted by molar-refractivity contribution is 5.97. The van der Waals surface area contributed by atoms with Gasteiger partial charge in [-0.3, -0.25) is 4.79 Å². The van der Waals surface area contributed by atoms with Crippen molar-refractivity contribution in [1.29, 1.82) is 0 Å². The molecule has 1 fully saturated rings. The highest BCUT2D eigenvalue weighted by atomic mass is 16.2. The third-order valence-electron chi connectivity index (χ3n) is 5.55. The zero-order valence-corrected chi connectivity index (χ0v) is 18.0. The number of urea groups is 1. The second-order valence-corrected chi connectivity index (χ2v) is 7.75. The molecular weight excluding hydrogens is 394 g/mol. The van der Waals surface area contributed by atoms with Gasteiger partial charge in [0.15, 0.2) is 0 Å². The summed E-state index contributed by atoms with van der Waals surface area (Å²) in [5.41, 5.74) is 3.05. The summed E-state index contributed by atoms with van der Waals surface area (Å²) >= 11 is 0. The van der Waals surface area contributed by atoms with Crippen LogP contribution in [0.5, 0.6) is 0 Å². The standard InChI is InChI=1S/C22H27N7O2/c1-4-23-21(30)16-6-5-7-17(10-16)27-22(31)29-9-8-28(12-15(29)3)20-18-14(2)11-24-19(18)25-13-26-20/h5-7,10-11,13,15H,4,8-9,12H2,1-3H3,(H,23,30)(H,27,31)(H,24,25,26)/t15-/m0/s1. The summed E-state index contributed by atoms with van der Waals surface area (Å²) in [7, 11) is 0. The van der Waals surface area contributed by atoms with Crippen LogP contribution >= 0.6 is 0 Å². The molecule has 0 aliphatic carbocycles. The van der Waals surface area contributed by atoms with Crippen LogP contribution in [0.25, 0.3) is 11.0 Å². The van der Waals surface area contributed by atoms with Crippen molar-refractivity contribution in [2.75, 3.05) is 36.4 Å². The van der Waals surface area contributed by atoms with Crippen molar-refractivity contribution in [3.8, 4) is 0 Å². The van der Waals surface area contributed by atoms with Crippen LogP contribution in [0, 0.1) is 6.92 Å². The summed E-state index contributed by atoms with van der Waals surface area (Å²) in [6.45, 7) is 8.40.